The molecule has 1 aromatic rings. The van der Waals surface area contributed by atoms with Crippen LogP contribution in [0.1, 0.15) is 12.5 Å². The summed E-state index contributed by atoms with van der Waals surface area (Å²) in [5, 5.41) is 3.31. The Morgan fingerprint density at radius 2 is 1.96 bits per heavy atom. The molecule has 0 radical (unpaired) electrons. The van der Waals surface area contributed by atoms with E-state index in [-0.39, 0.29) is 35.5 Å². The van der Waals surface area contributed by atoms with Crippen molar-refractivity contribution in [1.82, 2.24) is 15.1 Å². The van der Waals surface area contributed by atoms with Gasteiger partial charge in [-0.05, 0) is 13.0 Å². The molecule has 1 aliphatic heterocycles. The molecule has 0 atom stereocenters. The van der Waals surface area contributed by atoms with Crippen molar-refractivity contribution in [3.05, 3.63) is 29.8 Å². The van der Waals surface area contributed by atoms with E-state index in [2.05, 4.69) is 15.1 Å². The van der Waals surface area contributed by atoms with Crippen LogP contribution < -0.4 is 10.1 Å². The maximum absolute atomic E-state index is 11.5. The predicted molar refractivity (Wildman–Crippen MR) is 121 cm³/mol. The van der Waals surface area contributed by atoms with E-state index in [0.29, 0.717) is 26.2 Å². The summed E-state index contributed by atoms with van der Waals surface area (Å²) in [5.74, 6) is 2.21. The predicted octanol–water partition coefficient (Wildman–Crippen LogP) is 1.44. The fourth-order valence-electron chi connectivity index (χ4n) is 2.90. The first-order chi connectivity index (χ1) is 12.4. The number of ether oxygens (including phenoxy) is 1. The topological polar surface area (TPSA) is 74.2 Å². The fraction of sp³-hybridized carbons (Fsp3) is 0.611. The monoisotopic (exact) mass is 510 g/mol. The number of sulfone groups is 1. The molecule has 0 unspecified atom stereocenters. The molecule has 0 aromatic heterocycles. The second-order valence-corrected chi connectivity index (χ2v) is 8.70. The Morgan fingerprint density at radius 1 is 1.30 bits per heavy atom. The molecular formula is C18H31IN4O3S. The van der Waals surface area contributed by atoms with E-state index in [9.17, 15) is 8.42 Å². The number of hydrogen-bond donors (Lipinski definition) is 1. The lowest BCUT2D eigenvalue weighted by Gasteiger charge is -2.26. The van der Waals surface area contributed by atoms with Gasteiger partial charge in [-0.25, -0.2) is 8.42 Å². The van der Waals surface area contributed by atoms with Crippen LogP contribution in [0.2, 0.25) is 0 Å². The second kappa shape index (κ2) is 11.7. The van der Waals surface area contributed by atoms with Crippen LogP contribution in [0.25, 0.3) is 0 Å². The molecule has 2 rings (SSSR count). The van der Waals surface area contributed by atoms with Crippen molar-refractivity contribution in [1.29, 1.82) is 0 Å². The molecule has 0 bridgehead atoms. The average molecular weight is 510 g/mol. The minimum Gasteiger partial charge on any atom is -0.496 e. The van der Waals surface area contributed by atoms with Crippen molar-refractivity contribution in [2.24, 2.45) is 4.99 Å². The Kier molecular flexibility index (Phi) is 10.4. The largest absolute Gasteiger partial charge is 0.496 e. The quantitative estimate of drug-likeness (QED) is 0.340. The number of para-hydroxylation sites is 1. The Bertz CT molecular complexity index is 698. The number of benzene rings is 1. The molecule has 154 valence electrons. The Hall–Kier alpha value is -1.07. The van der Waals surface area contributed by atoms with Crippen LogP contribution in [-0.2, 0) is 16.4 Å². The third-order valence-electron chi connectivity index (χ3n) is 4.41. The lowest BCUT2D eigenvalue weighted by Crippen LogP contribution is -2.42. The number of aliphatic imine (C=N–C) groups is 1. The van der Waals surface area contributed by atoms with Crippen LogP contribution in [-0.4, -0.2) is 82.6 Å². The van der Waals surface area contributed by atoms with E-state index < -0.39 is 9.84 Å². The highest BCUT2D eigenvalue weighted by molar-refractivity contribution is 14.0. The number of hydrogen-bond acceptors (Lipinski definition) is 5. The summed E-state index contributed by atoms with van der Waals surface area (Å²) in [4.78, 5) is 8.93. The van der Waals surface area contributed by atoms with Gasteiger partial charge in [0.1, 0.15) is 5.75 Å². The molecule has 0 spiro atoms. The molecule has 1 aliphatic rings. The SMILES string of the molecule is CCNC(=NCCN1CCS(=O)(=O)CC1)N(C)Cc1ccccc1OC.I. The fourth-order valence-corrected chi connectivity index (χ4v) is 4.18. The zero-order chi connectivity index (χ0) is 19.0. The maximum Gasteiger partial charge on any atom is 0.194 e. The van der Waals surface area contributed by atoms with Gasteiger partial charge in [0.2, 0.25) is 0 Å². The van der Waals surface area contributed by atoms with Gasteiger partial charge in [-0.3, -0.25) is 9.89 Å². The highest BCUT2D eigenvalue weighted by atomic mass is 127. The van der Waals surface area contributed by atoms with E-state index in [4.69, 9.17) is 9.73 Å². The Labute approximate surface area is 180 Å². The zero-order valence-corrected chi connectivity index (χ0v) is 19.5. The Morgan fingerprint density at radius 3 is 2.59 bits per heavy atom. The van der Waals surface area contributed by atoms with Crippen molar-refractivity contribution in [2.45, 2.75) is 13.5 Å². The summed E-state index contributed by atoms with van der Waals surface area (Å²) in [7, 11) is 0.849. The first-order valence-electron chi connectivity index (χ1n) is 8.99. The van der Waals surface area contributed by atoms with Crippen LogP contribution in [0.15, 0.2) is 29.3 Å². The van der Waals surface area contributed by atoms with E-state index >= 15 is 0 Å². The maximum atomic E-state index is 11.5. The first kappa shape index (κ1) is 24.0. The third-order valence-corrected chi connectivity index (χ3v) is 6.02. The smallest absolute Gasteiger partial charge is 0.194 e. The Balaban J connectivity index is 0.00000364. The minimum atomic E-state index is -2.83. The number of halogens is 1. The van der Waals surface area contributed by atoms with Crippen molar-refractivity contribution < 1.29 is 13.2 Å². The van der Waals surface area contributed by atoms with Gasteiger partial charge in [0.25, 0.3) is 0 Å². The molecule has 1 aromatic carbocycles. The van der Waals surface area contributed by atoms with Crippen LogP contribution in [0, 0.1) is 0 Å². The van der Waals surface area contributed by atoms with E-state index in [1.165, 1.54) is 0 Å². The molecule has 1 saturated heterocycles. The molecule has 1 N–H and O–H groups in total. The van der Waals surface area contributed by atoms with Crippen molar-refractivity contribution in [3.63, 3.8) is 0 Å². The molecule has 0 amide bonds. The summed E-state index contributed by atoms with van der Waals surface area (Å²) in [6.45, 7) is 6.14. The van der Waals surface area contributed by atoms with Gasteiger partial charge in [0, 0.05) is 45.3 Å². The molecular weight excluding hydrogens is 479 g/mol. The molecule has 0 aliphatic carbocycles. The normalized spacial score (nSPS) is 17.1. The summed E-state index contributed by atoms with van der Waals surface area (Å²) in [5.41, 5.74) is 1.10. The lowest BCUT2D eigenvalue weighted by atomic mass is 10.2. The van der Waals surface area contributed by atoms with Gasteiger partial charge in [-0.2, -0.15) is 0 Å². The second-order valence-electron chi connectivity index (χ2n) is 6.40. The molecule has 0 saturated carbocycles. The summed E-state index contributed by atoms with van der Waals surface area (Å²) < 4.78 is 28.4. The average Bonchev–Trinajstić information content (AvgIpc) is 2.62. The van der Waals surface area contributed by atoms with Crippen molar-refractivity contribution in [3.8, 4) is 5.75 Å². The summed E-state index contributed by atoms with van der Waals surface area (Å²) in [6.07, 6.45) is 0. The highest BCUT2D eigenvalue weighted by Gasteiger charge is 2.21. The van der Waals surface area contributed by atoms with Crippen LogP contribution in [0.3, 0.4) is 0 Å². The van der Waals surface area contributed by atoms with E-state index in [0.717, 1.165) is 30.4 Å². The van der Waals surface area contributed by atoms with E-state index in [1.807, 2.05) is 38.2 Å². The van der Waals surface area contributed by atoms with Gasteiger partial charge in [-0.15, -0.1) is 24.0 Å². The zero-order valence-electron chi connectivity index (χ0n) is 16.3. The third kappa shape index (κ3) is 7.82. The van der Waals surface area contributed by atoms with Gasteiger partial charge < -0.3 is 15.0 Å². The molecule has 7 nitrogen and oxygen atoms in total. The first-order valence-corrected chi connectivity index (χ1v) is 10.8. The number of nitrogens with zero attached hydrogens (tertiary/aromatic N) is 3. The highest BCUT2D eigenvalue weighted by Crippen LogP contribution is 2.18. The van der Waals surface area contributed by atoms with Crippen molar-refractivity contribution in [2.75, 3.05) is 58.4 Å². The van der Waals surface area contributed by atoms with Gasteiger partial charge in [0.15, 0.2) is 15.8 Å². The van der Waals surface area contributed by atoms with Gasteiger partial charge in [0.05, 0.1) is 25.2 Å². The van der Waals surface area contributed by atoms with E-state index in [1.54, 1.807) is 7.11 Å². The standard InChI is InChI=1S/C18H30N4O3S.HI/c1-4-19-18(20-9-10-22-11-13-26(23,24)14-12-22)21(2)15-16-7-5-6-8-17(16)25-3;/h5-8H,4,9-15H2,1-3H3,(H,19,20);1H. The summed E-state index contributed by atoms with van der Waals surface area (Å²) in [6, 6.07) is 7.96. The van der Waals surface area contributed by atoms with Crippen LogP contribution in [0.4, 0.5) is 0 Å². The molecule has 9 heteroatoms. The summed E-state index contributed by atoms with van der Waals surface area (Å²) >= 11 is 0. The van der Waals surface area contributed by atoms with Crippen LogP contribution >= 0.6 is 24.0 Å². The molecule has 1 fully saturated rings. The van der Waals surface area contributed by atoms with Crippen LogP contribution in [0.5, 0.6) is 5.75 Å². The minimum absolute atomic E-state index is 0. The number of nitrogens with one attached hydrogen (secondary N) is 1. The number of rotatable bonds is 7. The molecule has 1 heterocycles. The number of guanidine groups is 1. The van der Waals surface area contributed by atoms with Crippen molar-refractivity contribution >= 4 is 39.8 Å². The lowest BCUT2D eigenvalue weighted by molar-refractivity contribution is 0.303. The number of methoxy groups -OCH3 is 1. The van der Waals surface area contributed by atoms with Gasteiger partial charge in [-0.1, -0.05) is 18.2 Å². The van der Waals surface area contributed by atoms with Gasteiger partial charge >= 0.3 is 0 Å². The molecule has 27 heavy (non-hydrogen) atoms.